The summed E-state index contributed by atoms with van der Waals surface area (Å²) in [5, 5.41) is 13.4. The standard InChI is InChI=1S/C22H18ClFN2O3S/c1-2-29-22(28)19-18(15-5-3-4-6-17(15)24)16(11-25)21(26-20(19)27)30-12-13-7-9-14(23)10-8-13/h3-10,18-19H,2,12H2,1H3,(H,26,27). The fraction of sp³-hybridized carbons (Fsp3) is 0.227. The molecule has 0 aromatic heterocycles. The molecular weight excluding hydrogens is 427 g/mol. The average Bonchev–Trinajstić information content (AvgIpc) is 2.73. The first-order chi connectivity index (χ1) is 14.5. The Bertz CT molecular complexity index is 1030. The molecule has 1 heterocycles. The number of halogens is 2. The van der Waals surface area contributed by atoms with Crippen LogP contribution in [0.1, 0.15) is 24.0 Å². The van der Waals surface area contributed by atoms with Crippen molar-refractivity contribution in [3.63, 3.8) is 0 Å². The second-order valence-electron chi connectivity index (χ2n) is 6.49. The van der Waals surface area contributed by atoms with Crippen LogP contribution < -0.4 is 5.32 Å². The van der Waals surface area contributed by atoms with E-state index in [1.54, 1.807) is 25.1 Å². The Morgan fingerprint density at radius 3 is 2.60 bits per heavy atom. The summed E-state index contributed by atoms with van der Waals surface area (Å²) in [6.07, 6.45) is 0. The Labute approximate surface area is 182 Å². The van der Waals surface area contributed by atoms with Crippen LogP contribution in [0.3, 0.4) is 0 Å². The van der Waals surface area contributed by atoms with Gasteiger partial charge in [0.1, 0.15) is 11.7 Å². The number of nitrogens with zero attached hydrogens (tertiary/aromatic N) is 1. The molecule has 0 radical (unpaired) electrons. The predicted octanol–water partition coefficient (Wildman–Crippen LogP) is 4.54. The molecule has 0 bridgehead atoms. The molecule has 2 aromatic carbocycles. The van der Waals surface area contributed by atoms with Crippen molar-refractivity contribution in [3.05, 3.63) is 81.1 Å². The summed E-state index contributed by atoms with van der Waals surface area (Å²) in [6, 6.07) is 15.1. The fourth-order valence-corrected chi connectivity index (χ4v) is 4.35. The van der Waals surface area contributed by atoms with Gasteiger partial charge < -0.3 is 10.1 Å². The number of esters is 1. The lowest BCUT2D eigenvalue weighted by molar-refractivity contribution is -0.152. The number of nitriles is 1. The quantitative estimate of drug-likeness (QED) is 0.522. The van der Waals surface area contributed by atoms with Gasteiger partial charge in [-0.3, -0.25) is 9.59 Å². The van der Waals surface area contributed by atoms with Gasteiger partial charge in [-0.1, -0.05) is 41.9 Å². The molecule has 8 heteroatoms. The molecule has 3 rings (SSSR count). The lowest BCUT2D eigenvalue weighted by Gasteiger charge is -2.31. The third kappa shape index (κ3) is 4.66. The zero-order chi connectivity index (χ0) is 21.7. The molecule has 154 valence electrons. The molecule has 2 unspecified atom stereocenters. The number of hydrogen-bond acceptors (Lipinski definition) is 5. The van der Waals surface area contributed by atoms with Crippen LogP contribution in [-0.2, 0) is 20.1 Å². The molecule has 0 saturated carbocycles. The van der Waals surface area contributed by atoms with Crippen molar-refractivity contribution in [1.82, 2.24) is 5.32 Å². The van der Waals surface area contributed by atoms with Crippen molar-refractivity contribution in [3.8, 4) is 6.07 Å². The van der Waals surface area contributed by atoms with Crippen LogP contribution in [-0.4, -0.2) is 18.5 Å². The second kappa shape index (κ2) is 9.79. The van der Waals surface area contributed by atoms with Crippen molar-refractivity contribution in [2.45, 2.75) is 18.6 Å². The number of benzene rings is 2. The topological polar surface area (TPSA) is 79.2 Å². The summed E-state index contributed by atoms with van der Waals surface area (Å²) < 4.78 is 19.7. The van der Waals surface area contributed by atoms with E-state index < -0.39 is 29.5 Å². The van der Waals surface area contributed by atoms with Gasteiger partial charge in [-0.25, -0.2) is 4.39 Å². The van der Waals surface area contributed by atoms with E-state index in [1.165, 1.54) is 30.0 Å². The number of carbonyl (C=O) groups excluding carboxylic acids is 2. The Kier molecular flexibility index (Phi) is 7.14. The molecule has 0 fully saturated rings. The lowest BCUT2D eigenvalue weighted by Crippen LogP contribution is -2.44. The van der Waals surface area contributed by atoms with E-state index in [1.807, 2.05) is 12.1 Å². The van der Waals surface area contributed by atoms with Crippen LogP contribution in [0.5, 0.6) is 0 Å². The Morgan fingerprint density at radius 2 is 1.97 bits per heavy atom. The highest BCUT2D eigenvalue weighted by atomic mass is 35.5. The summed E-state index contributed by atoms with van der Waals surface area (Å²) >= 11 is 7.13. The molecule has 1 N–H and O–H groups in total. The maximum absolute atomic E-state index is 14.6. The van der Waals surface area contributed by atoms with Crippen LogP contribution in [0.2, 0.25) is 5.02 Å². The molecule has 1 aliphatic rings. The molecule has 5 nitrogen and oxygen atoms in total. The van der Waals surface area contributed by atoms with Gasteiger partial charge in [0.15, 0.2) is 0 Å². The van der Waals surface area contributed by atoms with Crippen molar-refractivity contribution in [2.75, 3.05) is 6.61 Å². The summed E-state index contributed by atoms with van der Waals surface area (Å²) in [5.41, 5.74) is 1.15. The largest absolute Gasteiger partial charge is 0.465 e. The first-order valence-corrected chi connectivity index (χ1v) is 10.6. The Balaban J connectivity index is 2.03. The molecule has 30 heavy (non-hydrogen) atoms. The Hall–Kier alpha value is -2.82. The number of thioether (sulfide) groups is 1. The van der Waals surface area contributed by atoms with Crippen LogP contribution in [0.15, 0.2) is 59.1 Å². The molecule has 0 aliphatic carbocycles. The van der Waals surface area contributed by atoms with Crippen LogP contribution in [0.4, 0.5) is 4.39 Å². The molecule has 1 aliphatic heterocycles. The van der Waals surface area contributed by atoms with Gasteiger partial charge in [0, 0.05) is 16.7 Å². The smallest absolute Gasteiger partial charge is 0.319 e. The lowest BCUT2D eigenvalue weighted by atomic mass is 9.78. The highest BCUT2D eigenvalue weighted by Gasteiger charge is 2.45. The van der Waals surface area contributed by atoms with Gasteiger partial charge >= 0.3 is 5.97 Å². The number of allylic oxidation sites excluding steroid dienone is 1. The first kappa shape index (κ1) is 21.9. The summed E-state index contributed by atoms with van der Waals surface area (Å²) in [4.78, 5) is 25.4. The third-order valence-electron chi connectivity index (χ3n) is 4.61. The molecule has 0 spiro atoms. The van der Waals surface area contributed by atoms with Crippen LogP contribution in [0.25, 0.3) is 0 Å². The van der Waals surface area contributed by atoms with E-state index >= 15 is 0 Å². The summed E-state index contributed by atoms with van der Waals surface area (Å²) in [5.74, 6) is -3.99. The van der Waals surface area contributed by atoms with Gasteiger partial charge in [0.2, 0.25) is 5.91 Å². The first-order valence-electron chi connectivity index (χ1n) is 9.19. The molecule has 2 aromatic rings. The van der Waals surface area contributed by atoms with E-state index in [9.17, 15) is 19.2 Å². The summed E-state index contributed by atoms with van der Waals surface area (Å²) in [6.45, 7) is 1.68. The zero-order valence-electron chi connectivity index (χ0n) is 16.0. The second-order valence-corrected chi connectivity index (χ2v) is 7.91. The van der Waals surface area contributed by atoms with Crippen molar-refractivity contribution < 1.29 is 18.7 Å². The van der Waals surface area contributed by atoms with E-state index in [-0.39, 0.29) is 17.7 Å². The number of hydrogen-bond donors (Lipinski definition) is 1. The fourth-order valence-electron chi connectivity index (χ4n) is 3.22. The van der Waals surface area contributed by atoms with Crippen LogP contribution >= 0.6 is 23.4 Å². The monoisotopic (exact) mass is 444 g/mol. The van der Waals surface area contributed by atoms with Gasteiger partial charge in [-0.2, -0.15) is 5.26 Å². The number of rotatable bonds is 6. The molecular formula is C22H18ClFN2O3S. The van der Waals surface area contributed by atoms with Gasteiger partial charge in [0.05, 0.1) is 23.3 Å². The molecule has 1 amide bonds. The number of ether oxygens (including phenoxy) is 1. The van der Waals surface area contributed by atoms with Gasteiger partial charge in [0.25, 0.3) is 0 Å². The van der Waals surface area contributed by atoms with E-state index in [2.05, 4.69) is 11.4 Å². The van der Waals surface area contributed by atoms with Crippen molar-refractivity contribution in [1.29, 1.82) is 5.26 Å². The minimum atomic E-state index is -1.35. The summed E-state index contributed by atoms with van der Waals surface area (Å²) in [7, 11) is 0. The van der Waals surface area contributed by atoms with Crippen molar-refractivity contribution >= 4 is 35.2 Å². The number of amides is 1. The number of nitrogens with one attached hydrogen (secondary N) is 1. The van der Waals surface area contributed by atoms with E-state index in [4.69, 9.17) is 16.3 Å². The maximum atomic E-state index is 14.6. The molecule has 0 saturated heterocycles. The van der Waals surface area contributed by atoms with E-state index in [0.29, 0.717) is 15.8 Å². The normalized spacial score (nSPS) is 18.5. The average molecular weight is 445 g/mol. The number of carbonyl (C=O) groups is 2. The van der Waals surface area contributed by atoms with Crippen molar-refractivity contribution in [2.24, 2.45) is 5.92 Å². The van der Waals surface area contributed by atoms with Gasteiger partial charge in [-0.15, -0.1) is 11.8 Å². The minimum Gasteiger partial charge on any atom is -0.465 e. The Morgan fingerprint density at radius 1 is 1.27 bits per heavy atom. The predicted molar refractivity (Wildman–Crippen MR) is 113 cm³/mol. The van der Waals surface area contributed by atoms with Crippen LogP contribution in [0, 0.1) is 23.1 Å². The highest BCUT2D eigenvalue weighted by Crippen LogP contribution is 2.41. The van der Waals surface area contributed by atoms with E-state index in [0.717, 1.165) is 5.56 Å². The maximum Gasteiger partial charge on any atom is 0.319 e. The van der Waals surface area contributed by atoms with Gasteiger partial charge in [-0.05, 0) is 36.2 Å². The SMILES string of the molecule is CCOC(=O)C1C(=O)NC(SCc2ccc(Cl)cc2)=C(C#N)C1c1ccccc1F. The highest BCUT2D eigenvalue weighted by molar-refractivity contribution is 8.02. The minimum absolute atomic E-state index is 0.0659. The third-order valence-corrected chi connectivity index (χ3v) is 5.95. The molecule has 2 atom stereocenters. The zero-order valence-corrected chi connectivity index (χ0v) is 17.6.